The number of aromatic nitrogens is 1. The van der Waals surface area contributed by atoms with Gasteiger partial charge in [0.25, 0.3) is 0 Å². The van der Waals surface area contributed by atoms with Crippen molar-refractivity contribution in [1.29, 1.82) is 0 Å². The summed E-state index contributed by atoms with van der Waals surface area (Å²) in [5.41, 5.74) is 4.97. The van der Waals surface area contributed by atoms with Crippen molar-refractivity contribution >= 4 is 46.3 Å². The van der Waals surface area contributed by atoms with Crippen molar-refractivity contribution in [3.63, 3.8) is 0 Å². The van der Waals surface area contributed by atoms with Gasteiger partial charge in [0.05, 0.1) is 11.4 Å². The number of amides is 1. The maximum atomic E-state index is 12.2. The Morgan fingerprint density at radius 3 is 2.72 bits per heavy atom. The van der Waals surface area contributed by atoms with Gasteiger partial charge >= 0.3 is 0 Å². The molecule has 25 heavy (non-hydrogen) atoms. The van der Waals surface area contributed by atoms with Gasteiger partial charge in [0.2, 0.25) is 5.91 Å². The number of benzene rings is 2. The number of hydrogen-bond donors (Lipinski definition) is 1. The molecular weight excluding hydrogens is 372 g/mol. The van der Waals surface area contributed by atoms with Gasteiger partial charge in [-0.25, -0.2) is 4.98 Å². The van der Waals surface area contributed by atoms with E-state index in [1.54, 1.807) is 11.3 Å². The number of nitrogens with zero attached hydrogens (tertiary/aromatic N) is 1. The molecule has 0 spiro atoms. The summed E-state index contributed by atoms with van der Waals surface area (Å²) in [5, 5.41) is 5.67. The Labute approximate surface area is 160 Å². The molecule has 1 amide bonds. The van der Waals surface area contributed by atoms with Crippen LogP contribution in [0.2, 0.25) is 5.02 Å². The van der Waals surface area contributed by atoms with Crippen LogP contribution in [-0.2, 0) is 4.79 Å². The lowest BCUT2D eigenvalue weighted by atomic mass is 10.1. The summed E-state index contributed by atoms with van der Waals surface area (Å²) in [6.45, 7) is 4.00. The average Bonchev–Trinajstić information content (AvgIpc) is 3.06. The van der Waals surface area contributed by atoms with E-state index in [-0.39, 0.29) is 5.91 Å². The van der Waals surface area contributed by atoms with Crippen molar-refractivity contribution in [2.45, 2.75) is 18.2 Å². The molecule has 0 aliphatic rings. The summed E-state index contributed by atoms with van der Waals surface area (Å²) in [4.78, 5) is 16.8. The zero-order valence-corrected chi connectivity index (χ0v) is 16.3. The Morgan fingerprint density at radius 1 is 1.20 bits per heavy atom. The number of carbonyl (C=O) groups is 1. The Hall–Kier alpha value is -1.82. The molecule has 1 N–H and O–H groups in total. The number of aryl methyl sites for hydroxylation is 2. The molecule has 0 atom stereocenters. The Morgan fingerprint density at radius 2 is 1.96 bits per heavy atom. The quantitative estimate of drug-likeness (QED) is 0.560. The van der Waals surface area contributed by atoms with E-state index in [1.807, 2.05) is 61.7 Å². The third-order valence-electron chi connectivity index (χ3n) is 3.62. The predicted octanol–water partition coefficient (Wildman–Crippen LogP) is 5.81. The second kappa shape index (κ2) is 8.04. The van der Waals surface area contributed by atoms with E-state index < -0.39 is 0 Å². The van der Waals surface area contributed by atoms with Crippen molar-refractivity contribution in [3.8, 4) is 11.3 Å². The topological polar surface area (TPSA) is 42.0 Å². The highest BCUT2D eigenvalue weighted by Gasteiger charge is 2.09. The molecule has 0 unspecified atom stereocenters. The third-order valence-corrected chi connectivity index (χ3v) is 5.89. The molecule has 0 fully saturated rings. The summed E-state index contributed by atoms with van der Waals surface area (Å²) in [6.07, 6.45) is 0. The van der Waals surface area contributed by atoms with Gasteiger partial charge in [-0.3, -0.25) is 4.79 Å². The lowest BCUT2D eigenvalue weighted by Gasteiger charge is -2.08. The molecule has 0 bridgehead atoms. The van der Waals surface area contributed by atoms with Crippen molar-refractivity contribution in [3.05, 3.63) is 64.0 Å². The van der Waals surface area contributed by atoms with E-state index in [1.165, 1.54) is 11.8 Å². The van der Waals surface area contributed by atoms with E-state index in [0.29, 0.717) is 10.8 Å². The van der Waals surface area contributed by atoms with Crippen molar-refractivity contribution < 1.29 is 4.79 Å². The van der Waals surface area contributed by atoms with E-state index >= 15 is 0 Å². The highest BCUT2D eigenvalue weighted by Crippen LogP contribution is 2.29. The number of thioether (sulfide) groups is 1. The first kappa shape index (κ1) is 18.0. The summed E-state index contributed by atoms with van der Waals surface area (Å²) >= 11 is 8.90. The average molecular weight is 389 g/mol. The Bertz CT molecular complexity index is 891. The van der Waals surface area contributed by atoms with Crippen molar-refractivity contribution in [2.24, 2.45) is 0 Å². The molecule has 0 saturated heterocycles. The van der Waals surface area contributed by atoms with Gasteiger partial charge < -0.3 is 5.32 Å². The zero-order valence-electron chi connectivity index (χ0n) is 13.9. The van der Waals surface area contributed by atoms with Gasteiger partial charge in [0.1, 0.15) is 0 Å². The summed E-state index contributed by atoms with van der Waals surface area (Å²) < 4.78 is 0.876. The van der Waals surface area contributed by atoms with Crippen LogP contribution in [0.1, 0.15) is 11.1 Å². The standard InChI is InChI=1S/C19H17ClN2OS2/c1-12-3-4-13(2)16(9-12)21-18(23)11-25-19-22-17(10-24-19)14-5-7-15(20)8-6-14/h3-10H,11H2,1-2H3,(H,21,23). The Kier molecular flexibility index (Phi) is 5.78. The number of nitrogens with one attached hydrogen (secondary N) is 1. The minimum atomic E-state index is -0.0260. The third kappa shape index (κ3) is 4.84. The fraction of sp³-hybridized carbons (Fsp3) is 0.158. The lowest BCUT2D eigenvalue weighted by molar-refractivity contribution is -0.113. The van der Waals surface area contributed by atoms with Gasteiger partial charge in [-0.1, -0.05) is 47.6 Å². The number of thiazole rings is 1. The SMILES string of the molecule is Cc1ccc(C)c(NC(=O)CSc2nc(-c3ccc(Cl)cc3)cs2)c1. The van der Waals surface area contributed by atoms with Crippen LogP contribution >= 0.6 is 34.7 Å². The normalized spacial score (nSPS) is 10.7. The number of rotatable bonds is 5. The molecule has 0 radical (unpaired) electrons. The molecule has 3 aromatic rings. The highest BCUT2D eigenvalue weighted by molar-refractivity contribution is 8.01. The lowest BCUT2D eigenvalue weighted by Crippen LogP contribution is -2.14. The molecule has 2 aromatic carbocycles. The fourth-order valence-electron chi connectivity index (χ4n) is 2.26. The number of carbonyl (C=O) groups excluding carboxylic acids is 1. The number of anilines is 1. The van der Waals surface area contributed by atoms with E-state index in [4.69, 9.17) is 11.6 Å². The van der Waals surface area contributed by atoms with E-state index in [0.717, 1.165) is 32.4 Å². The summed E-state index contributed by atoms with van der Waals surface area (Å²) in [5.74, 6) is 0.308. The molecule has 1 heterocycles. The molecule has 0 aliphatic heterocycles. The van der Waals surface area contributed by atoms with E-state index in [2.05, 4.69) is 10.3 Å². The first-order chi connectivity index (χ1) is 12.0. The van der Waals surface area contributed by atoms with Crippen LogP contribution in [0.25, 0.3) is 11.3 Å². The monoisotopic (exact) mass is 388 g/mol. The Balaban J connectivity index is 1.59. The van der Waals surface area contributed by atoms with Crippen LogP contribution in [0.4, 0.5) is 5.69 Å². The molecule has 1 aromatic heterocycles. The van der Waals surface area contributed by atoms with Crippen molar-refractivity contribution in [2.75, 3.05) is 11.1 Å². The molecular formula is C19H17ClN2OS2. The second-order valence-electron chi connectivity index (χ2n) is 5.66. The van der Waals surface area contributed by atoms with Crippen LogP contribution < -0.4 is 5.32 Å². The molecule has 3 nitrogen and oxygen atoms in total. The van der Waals surface area contributed by atoms with Crippen LogP contribution in [-0.4, -0.2) is 16.6 Å². The van der Waals surface area contributed by atoms with Crippen LogP contribution in [0.3, 0.4) is 0 Å². The minimum absolute atomic E-state index is 0.0260. The van der Waals surface area contributed by atoms with Gasteiger partial charge in [0, 0.05) is 21.7 Å². The largest absolute Gasteiger partial charge is 0.325 e. The number of hydrogen-bond acceptors (Lipinski definition) is 4. The smallest absolute Gasteiger partial charge is 0.234 e. The molecule has 0 aliphatic carbocycles. The van der Waals surface area contributed by atoms with Crippen LogP contribution in [0.5, 0.6) is 0 Å². The molecule has 3 rings (SSSR count). The minimum Gasteiger partial charge on any atom is -0.325 e. The summed E-state index contributed by atoms with van der Waals surface area (Å²) in [6, 6.07) is 13.6. The second-order valence-corrected chi connectivity index (χ2v) is 8.18. The first-order valence-corrected chi connectivity index (χ1v) is 9.97. The fourth-order valence-corrected chi connectivity index (χ4v) is 4.02. The molecule has 128 valence electrons. The number of halogens is 1. The molecule has 6 heteroatoms. The maximum absolute atomic E-state index is 12.2. The summed E-state index contributed by atoms with van der Waals surface area (Å²) in [7, 11) is 0. The maximum Gasteiger partial charge on any atom is 0.234 e. The molecule has 0 saturated carbocycles. The van der Waals surface area contributed by atoms with Gasteiger partial charge in [-0.05, 0) is 43.2 Å². The van der Waals surface area contributed by atoms with Crippen LogP contribution in [0, 0.1) is 13.8 Å². The first-order valence-electron chi connectivity index (χ1n) is 7.72. The van der Waals surface area contributed by atoms with Gasteiger partial charge in [-0.15, -0.1) is 11.3 Å². The van der Waals surface area contributed by atoms with Gasteiger partial charge in [-0.2, -0.15) is 0 Å². The van der Waals surface area contributed by atoms with Crippen LogP contribution in [0.15, 0.2) is 52.2 Å². The predicted molar refractivity (Wildman–Crippen MR) is 108 cm³/mol. The van der Waals surface area contributed by atoms with E-state index in [9.17, 15) is 4.79 Å². The highest BCUT2D eigenvalue weighted by atomic mass is 35.5. The van der Waals surface area contributed by atoms with Gasteiger partial charge in [0.15, 0.2) is 4.34 Å². The van der Waals surface area contributed by atoms with Crippen molar-refractivity contribution in [1.82, 2.24) is 4.98 Å². The zero-order chi connectivity index (χ0) is 17.8.